The van der Waals surface area contributed by atoms with Crippen LogP contribution in [-0.2, 0) is 13.1 Å². The molecule has 1 aliphatic heterocycles. The lowest BCUT2D eigenvalue weighted by molar-refractivity contribution is 0.164. The van der Waals surface area contributed by atoms with E-state index in [-0.39, 0.29) is 0 Å². The van der Waals surface area contributed by atoms with Gasteiger partial charge in [-0.25, -0.2) is 0 Å². The zero-order valence-electron chi connectivity index (χ0n) is 13.4. The second-order valence-corrected chi connectivity index (χ2v) is 7.37. The van der Waals surface area contributed by atoms with Crippen LogP contribution in [0, 0.1) is 19.8 Å². The highest BCUT2D eigenvalue weighted by Gasteiger charge is 2.20. The molecule has 0 N–H and O–H groups in total. The summed E-state index contributed by atoms with van der Waals surface area (Å²) in [4.78, 5) is 2.57. The van der Waals surface area contributed by atoms with Crippen LogP contribution in [0.15, 0.2) is 34.8 Å². The molecule has 1 aromatic heterocycles. The molecular weight excluding hydrogens is 338 g/mol. The molecule has 1 saturated heterocycles. The molecule has 0 aliphatic carbocycles. The maximum absolute atomic E-state index is 4.60. The monoisotopic (exact) mass is 361 g/mol. The molecule has 2 aromatic rings. The van der Waals surface area contributed by atoms with Crippen molar-refractivity contribution in [3.8, 4) is 0 Å². The summed E-state index contributed by atoms with van der Waals surface area (Å²) in [6.45, 7) is 8.76. The first kappa shape index (κ1) is 15.8. The van der Waals surface area contributed by atoms with Gasteiger partial charge in [0.15, 0.2) is 0 Å². The zero-order chi connectivity index (χ0) is 15.5. The van der Waals surface area contributed by atoms with Gasteiger partial charge < -0.3 is 0 Å². The Labute approximate surface area is 141 Å². The fourth-order valence-corrected chi connectivity index (χ4v) is 3.54. The van der Waals surface area contributed by atoms with E-state index < -0.39 is 0 Å². The normalized spacial score (nSPS) is 17.0. The Morgan fingerprint density at radius 3 is 2.41 bits per heavy atom. The molecule has 118 valence electrons. The fourth-order valence-electron chi connectivity index (χ4n) is 3.28. The minimum absolute atomic E-state index is 0.763. The van der Waals surface area contributed by atoms with Crippen LogP contribution >= 0.6 is 15.9 Å². The largest absolute Gasteiger partial charge is 0.299 e. The Morgan fingerprint density at radius 1 is 1.14 bits per heavy atom. The third-order valence-electron chi connectivity index (χ3n) is 4.56. The van der Waals surface area contributed by atoms with Crippen LogP contribution in [0.5, 0.6) is 0 Å². The van der Waals surface area contributed by atoms with Gasteiger partial charge in [0.05, 0.1) is 5.69 Å². The van der Waals surface area contributed by atoms with E-state index in [4.69, 9.17) is 0 Å². The van der Waals surface area contributed by atoms with E-state index in [1.807, 2.05) is 0 Å². The average molecular weight is 362 g/mol. The van der Waals surface area contributed by atoms with Gasteiger partial charge in [-0.2, -0.15) is 5.10 Å². The molecule has 22 heavy (non-hydrogen) atoms. The molecule has 0 spiro atoms. The highest BCUT2D eigenvalue weighted by Crippen LogP contribution is 2.22. The Morgan fingerprint density at radius 2 is 1.82 bits per heavy atom. The van der Waals surface area contributed by atoms with E-state index >= 15 is 0 Å². The van der Waals surface area contributed by atoms with Crippen molar-refractivity contribution in [1.82, 2.24) is 14.7 Å². The summed E-state index contributed by atoms with van der Waals surface area (Å²) in [6, 6.07) is 10.9. The number of benzene rings is 1. The number of piperidine rings is 1. The molecule has 1 aliphatic rings. The van der Waals surface area contributed by atoms with Crippen molar-refractivity contribution in [2.45, 2.75) is 39.8 Å². The number of halogens is 1. The molecule has 0 radical (unpaired) electrons. The first-order valence-corrected chi connectivity index (χ1v) is 8.87. The van der Waals surface area contributed by atoms with Crippen LogP contribution in [-0.4, -0.2) is 27.8 Å². The van der Waals surface area contributed by atoms with Gasteiger partial charge in [-0.1, -0.05) is 28.1 Å². The minimum atomic E-state index is 0.763. The lowest BCUT2D eigenvalue weighted by Gasteiger charge is -2.32. The molecule has 0 saturated carbocycles. The first-order valence-electron chi connectivity index (χ1n) is 8.08. The number of aryl methyl sites for hydroxylation is 2. The summed E-state index contributed by atoms with van der Waals surface area (Å²) in [5.74, 6) is 0.763. The molecular formula is C18H24BrN3. The summed E-state index contributed by atoms with van der Waals surface area (Å²) < 4.78 is 3.34. The van der Waals surface area contributed by atoms with E-state index in [1.165, 1.54) is 37.2 Å². The van der Waals surface area contributed by atoms with Gasteiger partial charge >= 0.3 is 0 Å². The zero-order valence-corrected chi connectivity index (χ0v) is 15.0. The van der Waals surface area contributed by atoms with Crippen molar-refractivity contribution in [2.75, 3.05) is 13.1 Å². The smallest absolute Gasteiger partial charge is 0.0596 e. The molecule has 3 rings (SSSR count). The molecule has 0 bridgehead atoms. The summed E-state index contributed by atoms with van der Waals surface area (Å²) >= 11 is 3.50. The van der Waals surface area contributed by atoms with E-state index in [0.29, 0.717) is 0 Å². The van der Waals surface area contributed by atoms with E-state index in [0.717, 1.165) is 29.2 Å². The number of rotatable bonds is 4. The highest BCUT2D eigenvalue weighted by molar-refractivity contribution is 9.10. The van der Waals surface area contributed by atoms with Crippen molar-refractivity contribution in [2.24, 2.45) is 5.92 Å². The lowest BCUT2D eigenvalue weighted by atomic mass is 9.96. The van der Waals surface area contributed by atoms with Crippen molar-refractivity contribution >= 4 is 15.9 Å². The highest BCUT2D eigenvalue weighted by atomic mass is 79.9. The van der Waals surface area contributed by atoms with Gasteiger partial charge in [0.25, 0.3) is 0 Å². The van der Waals surface area contributed by atoms with Crippen molar-refractivity contribution in [3.05, 3.63) is 51.8 Å². The molecule has 4 heteroatoms. The van der Waals surface area contributed by atoms with Gasteiger partial charge in [0.2, 0.25) is 0 Å². The van der Waals surface area contributed by atoms with Gasteiger partial charge in [-0.05, 0) is 69.5 Å². The maximum atomic E-state index is 4.60. The molecule has 3 nitrogen and oxygen atoms in total. The quantitative estimate of drug-likeness (QED) is 0.814. The third-order valence-corrected chi connectivity index (χ3v) is 5.09. The predicted octanol–water partition coefficient (Wildman–Crippen LogP) is 4.17. The predicted molar refractivity (Wildman–Crippen MR) is 93.8 cm³/mol. The van der Waals surface area contributed by atoms with Gasteiger partial charge in [0, 0.05) is 23.3 Å². The summed E-state index contributed by atoms with van der Waals surface area (Å²) in [7, 11) is 0. The number of likely N-dealkylation sites (tertiary alicyclic amines) is 1. The van der Waals surface area contributed by atoms with E-state index in [9.17, 15) is 0 Å². The number of hydrogen-bond donors (Lipinski definition) is 0. The molecule has 2 heterocycles. The first-order chi connectivity index (χ1) is 10.6. The Kier molecular flexibility index (Phi) is 4.99. The van der Waals surface area contributed by atoms with Gasteiger partial charge in [-0.3, -0.25) is 9.58 Å². The van der Waals surface area contributed by atoms with Crippen molar-refractivity contribution in [3.63, 3.8) is 0 Å². The summed E-state index contributed by atoms with van der Waals surface area (Å²) in [5, 5.41) is 4.60. The third kappa shape index (κ3) is 3.99. The number of nitrogens with zero attached hydrogens (tertiary/aromatic N) is 3. The van der Waals surface area contributed by atoms with Gasteiger partial charge in [-0.15, -0.1) is 0 Å². The molecule has 1 aromatic carbocycles. The van der Waals surface area contributed by atoms with Crippen LogP contribution < -0.4 is 0 Å². The van der Waals surface area contributed by atoms with Crippen LogP contribution in [0.1, 0.15) is 29.8 Å². The SMILES string of the molecule is Cc1cc(C)n(CC2CCN(Cc3ccc(Br)cc3)CC2)n1. The van der Waals surface area contributed by atoms with E-state index in [2.05, 4.69) is 74.8 Å². The molecule has 1 fully saturated rings. The topological polar surface area (TPSA) is 21.1 Å². The van der Waals surface area contributed by atoms with Gasteiger partial charge in [0.1, 0.15) is 0 Å². The van der Waals surface area contributed by atoms with Crippen molar-refractivity contribution in [1.29, 1.82) is 0 Å². The average Bonchev–Trinajstić information content (AvgIpc) is 2.81. The van der Waals surface area contributed by atoms with Crippen LogP contribution in [0.3, 0.4) is 0 Å². The Bertz CT molecular complexity index is 610. The van der Waals surface area contributed by atoms with E-state index in [1.54, 1.807) is 0 Å². The number of aromatic nitrogens is 2. The van der Waals surface area contributed by atoms with Crippen molar-refractivity contribution < 1.29 is 0 Å². The summed E-state index contributed by atoms with van der Waals surface area (Å²) in [5.41, 5.74) is 3.82. The second kappa shape index (κ2) is 6.97. The molecule has 0 atom stereocenters. The minimum Gasteiger partial charge on any atom is -0.299 e. The standard InChI is InChI=1S/C18H24BrN3/c1-14-11-15(2)22(20-14)13-17-7-9-21(10-8-17)12-16-3-5-18(19)6-4-16/h3-6,11,17H,7-10,12-13H2,1-2H3. The lowest BCUT2D eigenvalue weighted by Crippen LogP contribution is -2.34. The number of hydrogen-bond acceptors (Lipinski definition) is 2. The summed E-state index contributed by atoms with van der Waals surface area (Å²) in [6.07, 6.45) is 2.55. The van der Waals surface area contributed by atoms with Crippen LogP contribution in [0.4, 0.5) is 0 Å². The maximum Gasteiger partial charge on any atom is 0.0596 e. The Hall–Kier alpha value is -1.13. The van der Waals surface area contributed by atoms with Crippen LogP contribution in [0.25, 0.3) is 0 Å². The fraction of sp³-hybridized carbons (Fsp3) is 0.500. The molecule has 0 amide bonds. The van der Waals surface area contributed by atoms with Crippen LogP contribution in [0.2, 0.25) is 0 Å². The second-order valence-electron chi connectivity index (χ2n) is 6.46. The molecule has 0 unspecified atom stereocenters. The Balaban J connectivity index is 1.50.